The lowest BCUT2D eigenvalue weighted by molar-refractivity contribution is -0.0609. The minimum absolute atomic E-state index is 0.0420. The van der Waals surface area contributed by atoms with E-state index in [2.05, 4.69) is 21.1 Å². The van der Waals surface area contributed by atoms with Crippen molar-refractivity contribution in [3.8, 4) is 0 Å². The smallest absolute Gasteiger partial charge is 0.440 e. The van der Waals surface area contributed by atoms with E-state index in [9.17, 15) is 17.6 Å². The van der Waals surface area contributed by atoms with Gasteiger partial charge in [0.25, 0.3) is 0 Å². The van der Waals surface area contributed by atoms with Crippen LogP contribution in [0.3, 0.4) is 0 Å². The molecule has 2 aromatic rings. The van der Waals surface area contributed by atoms with Crippen LogP contribution in [0.15, 0.2) is 26.2 Å². The summed E-state index contributed by atoms with van der Waals surface area (Å²) in [5.41, 5.74) is -1.46. The van der Waals surface area contributed by atoms with E-state index >= 15 is 0 Å². The van der Waals surface area contributed by atoms with Gasteiger partial charge in [0.2, 0.25) is 5.71 Å². The Hall–Kier alpha value is -1.57. The zero-order valence-electron chi connectivity index (χ0n) is 9.35. The maximum absolute atomic E-state index is 13.2. The molecule has 1 heterocycles. The third-order valence-corrected chi connectivity index (χ3v) is 3.13. The van der Waals surface area contributed by atoms with Gasteiger partial charge in [-0.15, -0.1) is 0 Å². The van der Waals surface area contributed by atoms with Crippen LogP contribution in [0.25, 0.3) is 11.0 Å². The van der Waals surface area contributed by atoms with E-state index in [-0.39, 0.29) is 21.0 Å². The number of halogens is 5. The predicted octanol–water partition coefficient (Wildman–Crippen LogP) is 4.38. The summed E-state index contributed by atoms with van der Waals surface area (Å²) in [6.07, 6.45) is -4.88. The van der Waals surface area contributed by atoms with E-state index in [4.69, 9.17) is 9.62 Å². The topological polar surface area (TPSA) is 45.7 Å². The van der Waals surface area contributed by atoms with Crippen LogP contribution in [0.4, 0.5) is 17.6 Å². The Balaban J connectivity index is 2.77. The molecule has 1 N–H and O–H groups in total. The summed E-state index contributed by atoms with van der Waals surface area (Å²) in [6, 6.07) is 2.12. The first-order valence-corrected chi connectivity index (χ1v) is 5.72. The van der Waals surface area contributed by atoms with Gasteiger partial charge in [0.15, 0.2) is 5.76 Å². The second kappa shape index (κ2) is 4.52. The van der Waals surface area contributed by atoms with Crippen LogP contribution in [-0.4, -0.2) is 17.1 Å². The first kappa shape index (κ1) is 13.9. The van der Waals surface area contributed by atoms with Gasteiger partial charge in [-0.3, -0.25) is 0 Å². The number of hydrogen-bond acceptors (Lipinski definition) is 3. The van der Waals surface area contributed by atoms with Gasteiger partial charge >= 0.3 is 6.18 Å². The van der Waals surface area contributed by atoms with Crippen molar-refractivity contribution in [1.29, 1.82) is 0 Å². The van der Waals surface area contributed by atoms with Crippen molar-refractivity contribution >= 4 is 32.6 Å². The van der Waals surface area contributed by atoms with E-state index in [0.717, 1.165) is 12.1 Å². The maximum Gasteiger partial charge on any atom is 0.440 e. The summed E-state index contributed by atoms with van der Waals surface area (Å²) in [5, 5.41) is 10.9. The molecule has 0 bridgehead atoms. The molecule has 0 spiro atoms. The van der Waals surface area contributed by atoms with Crippen LogP contribution in [-0.2, 0) is 0 Å². The zero-order valence-corrected chi connectivity index (χ0v) is 10.9. The average Bonchev–Trinajstić information content (AvgIpc) is 2.57. The number of rotatable bonds is 1. The molecule has 19 heavy (non-hydrogen) atoms. The van der Waals surface area contributed by atoms with Gasteiger partial charge in [0.1, 0.15) is 11.4 Å². The molecule has 8 heteroatoms. The molecule has 0 radical (unpaired) electrons. The third-order valence-electron chi connectivity index (χ3n) is 2.54. The van der Waals surface area contributed by atoms with E-state index < -0.39 is 23.5 Å². The molecular formula is C11H6BrF4NO2. The molecule has 0 aliphatic rings. The molecule has 1 aromatic carbocycles. The highest BCUT2D eigenvalue weighted by atomic mass is 79.9. The van der Waals surface area contributed by atoms with Crippen molar-refractivity contribution in [3.05, 3.63) is 33.7 Å². The number of fused-ring (bicyclic) bond motifs is 1. The number of oxime groups is 1. The highest BCUT2D eigenvalue weighted by Crippen LogP contribution is 2.35. The van der Waals surface area contributed by atoms with E-state index in [1.165, 1.54) is 6.92 Å². The van der Waals surface area contributed by atoms with Gasteiger partial charge in [-0.1, -0.05) is 5.16 Å². The largest absolute Gasteiger partial charge is 0.453 e. The Kier molecular flexibility index (Phi) is 3.29. The first-order valence-electron chi connectivity index (χ1n) is 4.93. The molecule has 0 aliphatic heterocycles. The number of alkyl halides is 3. The third kappa shape index (κ3) is 2.32. The van der Waals surface area contributed by atoms with Gasteiger partial charge < -0.3 is 9.62 Å². The molecule has 1 aromatic heterocycles. The summed E-state index contributed by atoms with van der Waals surface area (Å²) in [6.45, 7) is 1.32. The zero-order chi connectivity index (χ0) is 14.4. The summed E-state index contributed by atoms with van der Waals surface area (Å²) >= 11 is 3.00. The summed E-state index contributed by atoms with van der Waals surface area (Å²) in [4.78, 5) is 0. The maximum atomic E-state index is 13.2. The van der Waals surface area contributed by atoms with Crippen molar-refractivity contribution < 1.29 is 27.2 Å². The second-order valence-corrected chi connectivity index (χ2v) is 4.62. The van der Waals surface area contributed by atoms with Crippen LogP contribution in [0, 0.1) is 12.7 Å². The highest BCUT2D eigenvalue weighted by Gasteiger charge is 2.41. The van der Waals surface area contributed by atoms with Crippen LogP contribution in [0.2, 0.25) is 0 Å². The van der Waals surface area contributed by atoms with Crippen LogP contribution in [0.5, 0.6) is 0 Å². The molecule has 0 amide bonds. The van der Waals surface area contributed by atoms with Crippen LogP contribution in [0.1, 0.15) is 11.3 Å². The lowest BCUT2D eigenvalue weighted by Gasteiger charge is -2.06. The van der Waals surface area contributed by atoms with Gasteiger partial charge in [0.05, 0.1) is 4.47 Å². The Bertz CT molecular complexity index is 675. The molecule has 0 atom stereocenters. The van der Waals surface area contributed by atoms with Crippen LogP contribution < -0.4 is 0 Å². The van der Waals surface area contributed by atoms with E-state index in [1.807, 2.05) is 0 Å². The minimum Gasteiger partial charge on any atom is -0.453 e. The number of benzene rings is 1. The quantitative estimate of drug-likeness (QED) is 0.362. The lowest BCUT2D eigenvalue weighted by atomic mass is 10.1. The summed E-state index contributed by atoms with van der Waals surface area (Å²) < 4.78 is 56.4. The van der Waals surface area contributed by atoms with Crippen LogP contribution >= 0.6 is 15.9 Å². The number of furan rings is 1. The molecular weight excluding hydrogens is 334 g/mol. The molecule has 0 aliphatic carbocycles. The number of hydrogen-bond donors (Lipinski definition) is 1. The minimum atomic E-state index is -4.88. The van der Waals surface area contributed by atoms with Crippen molar-refractivity contribution in [2.45, 2.75) is 13.1 Å². The molecule has 102 valence electrons. The number of nitrogens with zero attached hydrogens (tertiary/aromatic N) is 1. The molecule has 0 saturated carbocycles. The van der Waals surface area contributed by atoms with Gasteiger partial charge in [0, 0.05) is 10.9 Å². The molecule has 0 fully saturated rings. The van der Waals surface area contributed by atoms with Crippen molar-refractivity contribution in [3.63, 3.8) is 0 Å². The summed E-state index contributed by atoms with van der Waals surface area (Å²) in [5.74, 6) is -1.26. The molecule has 3 nitrogen and oxygen atoms in total. The SMILES string of the molecule is Cc1c(/C(=N\O)C(F)(F)F)oc2c(Br)cc(F)cc12. The predicted molar refractivity (Wildman–Crippen MR) is 63.0 cm³/mol. The fourth-order valence-electron chi connectivity index (χ4n) is 1.70. The fraction of sp³-hybridized carbons (Fsp3) is 0.182. The average molecular weight is 340 g/mol. The van der Waals surface area contributed by atoms with Gasteiger partial charge in [-0.05, 0) is 35.0 Å². The van der Waals surface area contributed by atoms with E-state index in [1.54, 1.807) is 0 Å². The van der Waals surface area contributed by atoms with Gasteiger partial charge in [-0.25, -0.2) is 4.39 Å². The normalized spacial score (nSPS) is 13.3. The van der Waals surface area contributed by atoms with Crippen molar-refractivity contribution in [2.24, 2.45) is 5.16 Å². The first-order chi connectivity index (χ1) is 8.75. The van der Waals surface area contributed by atoms with Crippen molar-refractivity contribution in [1.82, 2.24) is 0 Å². The molecule has 0 saturated heterocycles. The fourth-order valence-corrected chi connectivity index (χ4v) is 2.21. The Labute approximate surface area is 112 Å². The monoisotopic (exact) mass is 339 g/mol. The van der Waals surface area contributed by atoms with E-state index in [0.29, 0.717) is 0 Å². The molecule has 0 unspecified atom stereocenters. The summed E-state index contributed by atoms with van der Waals surface area (Å²) in [7, 11) is 0. The number of aryl methyl sites for hydroxylation is 1. The standard InChI is InChI=1S/C11H6BrF4NO2/c1-4-6-2-5(13)3-7(12)9(6)19-8(4)10(17-18)11(14,15)16/h2-3,18H,1H3/b17-10+. The molecule has 2 rings (SSSR count). The van der Waals surface area contributed by atoms with Crippen molar-refractivity contribution in [2.75, 3.05) is 0 Å². The van der Waals surface area contributed by atoms with Gasteiger partial charge in [-0.2, -0.15) is 13.2 Å². The Morgan fingerprint density at radius 3 is 2.53 bits per heavy atom. The second-order valence-electron chi connectivity index (χ2n) is 3.77. The lowest BCUT2D eigenvalue weighted by Crippen LogP contribution is -2.24. The Morgan fingerprint density at radius 1 is 1.37 bits per heavy atom. The highest BCUT2D eigenvalue weighted by molar-refractivity contribution is 9.10. The Morgan fingerprint density at radius 2 is 2.00 bits per heavy atom.